The number of thiazole rings is 1. The van der Waals surface area contributed by atoms with E-state index in [1.54, 1.807) is 0 Å². The molecule has 1 aliphatic rings. The number of nitrogens with one attached hydrogen (secondary N) is 1. The van der Waals surface area contributed by atoms with Crippen LogP contribution >= 0.6 is 22.9 Å². The van der Waals surface area contributed by atoms with Gasteiger partial charge in [0.15, 0.2) is 0 Å². The van der Waals surface area contributed by atoms with Crippen LogP contribution in [0.1, 0.15) is 23.5 Å². The van der Waals surface area contributed by atoms with Gasteiger partial charge in [-0.1, -0.05) is 0 Å². The lowest BCUT2D eigenvalue weighted by Gasteiger charge is -2.04. The maximum atomic E-state index is 11.6. The van der Waals surface area contributed by atoms with Gasteiger partial charge in [0.1, 0.15) is 5.01 Å². The van der Waals surface area contributed by atoms with Gasteiger partial charge in [-0.25, -0.2) is 4.98 Å². The molecule has 0 radical (unpaired) electrons. The Balaban J connectivity index is 1.56. The zero-order chi connectivity index (χ0) is 12.8. The quantitative estimate of drug-likeness (QED) is 0.588. The molecule has 0 unspecified atom stereocenters. The number of carbonyl (C=O) groups excluding carboxylic acids is 1. The highest BCUT2D eigenvalue weighted by molar-refractivity contribution is 7.09. The van der Waals surface area contributed by atoms with Crippen molar-refractivity contribution in [2.24, 2.45) is 5.92 Å². The summed E-state index contributed by atoms with van der Waals surface area (Å²) in [6.45, 7) is 1.99. The van der Waals surface area contributed by atoms with Crippen LogP contribution in [0.3, 0.4) is 0 Å². The Morgan fingerprint density at radius 3 is 3.11 bits per heavy atom. The van der Waals surface area contributed by atoms with Crippen molar-refractivity contribution >= 4 is 28.8 Å². The van der Waals surface area contributed by atoms with Crippen molar-refractivity contribution in [3.63, 3.8) is 0 Å². The number of amides is 1. The normalized spacial score (nSPS) is 14.7. The molecule has 1 N–H and O–H groups in total. The topological polar surface area (TPSA) is 51.2 Å². The van der Waals surface area contributed by atoms with E-state index in [2.05, 4.69) is 10.3 Å². The van der Waals surface area contributed by atoms with Crippen LogP contribution in [0, 0.1) is 5.92 Å². The molecule has 100 valence electrons. The Labute approximate surface area is 116 Å². The predicted molar refractivity (Wildman–Crippen MR) is 71.9 cm³/mol. The Kier molecular flexibility index (Phi) is 5.41. The molecule has 1 aromatic heterocycles. The summed E-state index contributed by atoms with van der Waals surface area (Å²) in [5.74, 6) is 1.15. The maximum absolute atomic E-state index is 11.6. The first-order valence-corrected chi connectivity index (χ1v) is 7.53. The third-order valence-corrected chi connectivity index (χ3v) is 3.84. The highest BCUT2D eigenvalue weighted by Crippen LogP contribution is 2.28. The van der Waals surface area contributed by atoms with Gasteiger partial charge in [0.05, 0.1) is 24.6 Å². The van der Waals surface area contributed by atoms with Crippen LogP contribution in [0.4, 0.5) is 0 Å². The summed E-state index contributed by atoms with van der Waals surface area (Å²) in [5, 5.41) is 5.51. The number of nitrogens with zero attached hydrogens (tertiary/aromatic N) is 1. The molecular formula is C12H17ClN2O2S. The Morgan fingerprint density at radius 2 is 2.44 bits per heavy atom. The van der Waals surface area contributed by atoms with Crippen LogP contribution in [-0.2, 0) is 21.8 Å². The van der Waals surface area contributed by atoms with E-state index in [-0.39, 0.29) is 5.91 Å². The first-order chi connectivity index (χ1) is 8.78. The van der Waals surface area contributed by atoms with E-state index >= 15 is 0 Å². The number of hydrogen-bond acceptors (Lipinski definition) is 4. The largest absolute Gasteiger partial charge is 0.379 e. The van der Waals surface area contributed by atoms with Gasteiger partial charge in [-0.05, 0) is 18.8 Å². The third kappa shape index (κ3) is 4.92. The smallest absolute Gasteiger partial charge is 0.226 e. The zero-order valence-electron chi connectivity index (χ0n) is 10.2. The van der Waals surface area contributed by atoms with Crippen molar-refractivity contribution in [3.05, 3.63) is 16.1 Å². The van der Waals surface area contributed by atoms with Crippen LogP contribution in [0.2, 0.25) is 0 Å². The van der Waals surface area contributed by atoms with Crippen molar-refractivity contribution in [2.45, 2.75) is 25.1 Å². The van der Waals surface area contributed by atoms with Crippen LogP contribution in [-0.4, -0.2) is 30.6 Å². The molecule has 1 aromatic rings. The lowest BCUT2D eigenvalue weighted by atomic mass is 10.4. The van der Waals surface area contributed by atoms with Gasteiger partial charge in [0.25, 0.3) is 0 Å². The molecule has 0 atom stereocenters. The van der Waals surface area contributed by atoms with Gasteiger partial charge in [-0.15, -0.1) is 22.9 Å². The molecule has 0 aromatic carbocycles. The molecule has 0 bridgehead atoms. The molecule has 6 heteroatoms. The van der Waals surface area contributed by atoms with Crippen molar-refractivity contribution in [1.29, 1.82) is 0 Å². The van der Waals surface area contributed by atoms with Gasteiger partial charge < -0.3 is 10.1 Å². The second kappa shape index (κ2) is 7.07. The summed E-state index contributed by atoms with van der Waals surface area (Å²) >= 11 is 7.12. The van der Waals surface area contributed by atoms with E-state index in [1.807, 2.05) is 5.38 Å². The molecule has 1 fully saturated rings. The monoisotopic (exact) mass is 288 g/mol. The zero-order valence-corrected chi connectivity index (χ0v) is 11.7. The second-order valence-electron chi connectivity index (χ2n) is 4.41. The summed E-state index contributed by atoms with van der Waals surface area (Å²) < 4.78 is 5.43. The first kappa shape index (κ1) is 13.8. The summed E-state index contributed by atoms with van der Waals surface area (Å²) in [6.07, 6.45) is 2.91. The average Bonchev–Trinajstić information content (AvgIpc) is 3.07. The van der Waals surface area contributed by atoms with Crippen molar-refractivity contribution < 1.29 is 9.53 Å². The molecule has 1 saturated carbocycles. The average molecular weight is 289 g/mol. The molecule has 0 spiro atoms. The summed E-state index contributed by atoms with van der Waals surface area (Å²) in [7, 11) is 0. The third-order valence-electron chi connectivity index (χ3n) is 2.67. The van der Waals surface area contributed by atoms with E-state index in [4.69, 9.17) is 16.3 Å². The van der Waals surface area contributed by atoms with Gasteiger partial charge >= 0.3 is 0 Å². The predicted octanol–water partition coefficient (Wildman–Crippen LogP) is 1.97. The first-order valence-electron chi connectivity index (χ1n) is 6.11. The van der Waals surface area contributed by atoms with Gasteiger partial charge in [-0.3, -0.25) is 4.79 Å². The van der Waals surface area contributed by atoms with Crippen LogP contribution in [0.25, 0.3) is 0 Å². The molecule has 4 nitrogen and oxygen atoms in total. The fraction of sp³-hybridized carbons (Fsp3) is 0.667. The highest BCUT2D eigenvalue weighted by atomic mass is 35.5. The molecule has 1 amide bonds. The van der Waals surface area contributed by atoms with Gasteiger partial charge in [0.2, 0.25) is 5.91 Å². The molecule has 0 aliphatic heterocycles. The minimum Gasteiger partial charge on any atom is -0.379 e. The van der Waals surface area contributed by atoms with Crippen LogP contribution in [0.15, 0.2) is 5.38 Å². The van der Waals surface area contributed by atoms with E-state index in [1.165, 1.54) is 24.2 Å². The lowest BCUT2D eigenvalue weighted by molar-refractivity contribution is -0.120. The Morgan fingerprint density at radius 1 is 1.61 bits per heavy atom. The van der Waals surface area contributed by atoms with E-state index < -0.39 is 0 Å². The number of carbonyl (C=O) groups is 1. The van der Waals surface area contributed by atoms with Gasteiger partial charge in [0, 0.05) is 18.5 Å². The number of aromatic nitrogens is 1. The minimum atomic E-state index is -0.0134. The Bertz CT molecular complexity index is 393. The molecular weight excluding hydrogens is 272 g/mol. The minimum absolute atomic E-state index is 0.0134. The summed E-state index contributed by atoms with van der Waals surface area (Å²) in [6, 6.07) is 0. The number of halogens is 1. The van der Waals surface area contributed by atoms with Crippen LogP contribution in [0.5, 0.6) is 0 Å². The molecule has 18 heavy (non-hydrogen) atoms. The summed E-state index contributed by atoms with van der Waals surface area (Å²) in [4.78, 5) is 15.8. The van der Waals surface area contributed by atoms with Crippen molar-refractivity contribution in [3.8, 4) is 0 Å². The maximum Gasteiger partial charge on any atom is 0.226 e. The molecule has 1 heterocycles. The fourth-order valence-corrected chi connectivity index (χ4v) is 2.51. The lowest BCUT2D eigenvalue weighted by Crippen LogP contribution is -2.28. The number of ether oxygens (including phenoxy) is 1. The number of alkyl halides is 1. The fourth-order valence-electron chi connectivity index (χ4n) is 1.49. The highest BCUT2D eigenvalue weighted by Gasteiger charge is 2.20. The molecule has 0 saturated heterocycles. The second-order valence-corrected chi connectivity index (χ2v) is 5.62. The molecule has 2 rings (SSSR count). The van der Waals surface area contributed by atoms with Gasteiger partial charge in [-0.2, -0.15) is 0 Å². The van der Waals surface area contributed by atoms with E-state index in [9.17, 15) is 4.79 Å². The standard InChI is InChI=1S/C12H17ClN2O2S/c13-6-10-8-18-12(15-10)5-11(16)14-3-4-17-7-9-1-2-9/h8-9H,1-7H2,(H,14,16). The molecule has 1 aliphatic carbocycles. The van der Waals surface area contributed by atoms with Crippen molar-refractivity contribution in [2.75, 3.05) is 19.8 Å². The number of hydrogen-bond donors (Lipinski definition) is 1. The SMILES string of the molecule is O=C(Cc1nc(CCl)cs1)NCCOCC1CC1. The number of rotatable bonds is 8. The Hall–Kier alpha value is -0.650. The van der Waals surface area contributed by atoms with E-state index in [0.29, 0.717) is 25.5 Å². The van der Waals surface area contributed by atoms with Crippen LogP contribution < -0.4 is 5.32 Å². The summed E-state index contributed by atoms with van der Waals surface area (Å²) in [5.41, 5.74) is 0.831. The van der Waals surface area contributed by atoms with E-state index in [0.717, 1.165) is 23.2 Å². The van der Waals surface area contributed by atoms with Crippen molar-refractivity contribution in [1.82, 2.24) is 10.3 Å².